The Balaban J connectivity index is 1.68. The maximum atomic E-state index is 12.4. The van der Waals surface area contributed by atoms with Crippen molar-refractivity contribution < 1.29 is 9.53 Å². The molecule has 0 radical (unpaired) electrons. The predicted molar refractivity (Wildman–Crippen MR) is 98.8 cm³/mol. The first-order valence-corrected chi connectivity index (χ1v) is 9.17. The summed E-state index contributed by atoms with van der Waals surface area (Å²) in [7, 11) is 1.53. The van der Waals surface area contributed by atoms with Crippen molar-refractivity contribution in [1.29, 1.82) is 0 Å². The molecule has 0 fully saturated rings. The predicted octanol–water partition coefficient (Wildman–Crippen LogP) is 3.04. The van der Waals surface area contributed by atoms with E-state index < -0.39 is 5.25 Å². The lowest BCUT2D eigenvalue weighted by atomic mass is 10.3. The molecular formula is C17H18ClN3O3S. The molecule has 1 atom stereocenters. The number of hydrogen-bond donors (Lipinski definition) is 2. The third kappa shape index (κ3) is 3.99. The monoisotopic (exact) mass is 379 g/mol. The Morgan fingerprint density at radius 1 is 1.44 bits per heavy atom. The van der Waals surface area contributed by atoms with E-state index in [1.807, 2.05) is 0 Å². The van der Waals surface area contributed by atoms with Crippen LogP contribution in [0.2, 0.25) is 5.02 Å². The number of anilines is 1. The number of aromatic amines is 1. The fourth-order valence-electron chi connectivity index (χ4n) is 2.68. The number of thioether (sulfide) groups is 1. The number of nitrogens with one attached hydrogen (secondary N) is 2. The lowest BCUT2D eigenvalue weighted by molar-refractivity contribution is -0.115. The zero-order chi connectivity index (χ0) is 18.0. The summed E-state index contributed by atoms with van der Waals surface area (Å²) in [6, 6.07) is 5.04. The molecule has 0 unspecified atom stereocenters. The molecule has 1 amide bonds. The van der Waals surface area contributed by atoms with Crippen molar-refractivity contribution in [2.24, 2.45) is 0 Å². The van der Waals surface area contributed by atoms with Crippen molar-refractivity contribution in [3.8, 4) is 5.75 Å². The maximum Gasteiger partial charge on any atom is 0.254 e. The summed E-state index contributed by atoms with van der Waals surface area (Å²) in [5.74, 6) is 0.344. The standard InChI is InChI=1S/C17H18ClN3O3S/c1-9(15(22)19-10-6-7-14(24-2)12(18)8-10)25-17-20-13-5-3-4-11(13)16(23)21-17/h6-9H,3-5H2,1-2H3,(H,19,22)(H,20,21,23)/t9-/m1/s1. The number of hydrogen-bond acceptors (Lipinski definition) is 5. The summed E-state index contributed by atoms with van der Waals surface area (Å²) in [6.07, 6.45) is 2.54. The molecule has 8 heteroatoms. The maximum absolute atomic E-state index is 12.4. The third-order valence-corrected chi connectivity index (χ3v) is 5.28. The van der Waals surface area contributed by atoms with Gasteiger partial charge in [0.25, 0.3) is 5.56 Å². The molecule has 25 heavy (non-hydrogen) atoms. The minimum Gasteiger partial charge on any atom is -0.495 e. The number of aryl methyl sites for hydroxylation is 1. The normalized spacial score (nSPS) is 14.0. The molecule has 1 aliphatic rings. The van der Waals surface area contributed by atoms with Gasteiger partial charge in [-0.15, -0.1) is 0 Å². The van der Waals surface area contributed by atoms with Crippen LogP contribution in [0.15, 0.2) is 28.2 Å². The van der Waals surface area contributed by atoms with E-state index in [9.17, 15) is 9.59 Å². The fourth-order valence-corrected chi connectivity index (χ4v) is 3.76. The second-order valence-electron chi connectivity index (χ2n) is 5.75. The van der Waals surface area contributed by atoms with Gasteiger partial charge in [0.05, 0.1) is 23.1 Å². The van der Waals surface area contributed by atoms with E-state index in [0.717, 1.165) is 30.5 Å². The van der Waals surface area contributed by atoms with Crippen molar-refractivity contribution >= 4 is 35.0 Å². The molecule has 1 aliphatic carbocycles. The zero-order valence-electron chi connectivity index (χ0n) is 13.9. The first-order valence-electron chi connectivity index (χ1n) is 7.91. The number of carbonyl (C=O) groups excluding carboxylic acids is 1. The number of rotatable bonds is 5. The summed E-state index contributed by atoms with van der Waals surface area (Å²) >= 11 is 7.29. The highest BCUT2D eigenvalue weighted by atomic mass is 35.5. The number of aromatic nitrogens is 2. The Hall–Kier alpha value is -1.99. The summed E-state index contributed by atoms with van der Waals surface area (Å²) in [5.41, 5.74) is 2.10. The number of ether oxygens (including phenoxy) is 1. The number of amides is 1. The number of benzene rings is 1. The summed E-state index contributed by atoms with van der Waals surface area (Å²) in [6.45, 7) is 1.76. The molecule has 2 aromatic rings. The Labute approximate surface area is 154 Å². The zero-order valence-corrected chi connectivity index (χ0v) is 15.5. The van der Waals surface area contributed by atoms with Gasteiger partial charge >= 0.3 is 0 Å². The summed E-state index contributed by atoms with van der Waals surface area (Å²) < 4.78 is 5.09. The van der Waals surface area contributed by atoms with Gasteiger partial charge in [-0.25, -0.2) is 4.98 Å². The van der Waals surface area contributed by atoms with E-state index in [0.29, 0.717) is 21.6 Å². The summed E-state index contributed by atoms with van der Waals surface area (Å²) in [4.78, 5) is 31.6. The quantitative estimate of drug-likeness (QED) is 0.616. The third-order valence-electron chi connectivity index (χ3n) is 4.00. The molecule has 3 rings (SSSR count). The number of fused-ring (bicyclic) bond motifs is 1. The van der Waals surface area contributed by atoms with Crippen molar-refractivity contribution in [3.63, 3.8) is 0 Å². The van der Waals surface area contributed by atoms with E-state index in [-0.39, 0.29) is 11.5 Å². The van der Waals surface area contributed by atoms with Crippen LogP contribution in [0.3, 0.4) is 0 Å². The molecule has 0 saturated carbocycles. The van der Waals surface area contributed by atoms with Crippen LogP contribution < -0.4 is 15.6 Å². The van der Waals surface area contributed by atoms with Gasteiger partial charge in [0.15, 0.2) is 5.16 Å². The first-order chi connectivity index (χ1) is 12.0. The van der Waals surface area contributed by atoms with E-state index in [2.05, 4.69) is 15.3 Å². The molecule has 1 aromatic heterocycles. The van der Waals surface area contributed by atoms with Gasteiger partial charge < -0.3 is 15.0 Å². The Kier molecular flexibility index (Phi) is 5.34. The second-order valence-corrected chi connectivity index (χ2v) is 7.49. The minimum absolute atomic E-state index is 0.0976. The van der Waals surface area contributed by atoms with Gasteiger partial charge in [-0.2, -0.15) is 0 Å². The number of methoxy groups -OCH3 is 1. The van der Waals surface area contributed by atoms with Crippen LogP contribution >= 0.6 is 23.4 Å². The van der Waals surface area contributed by atoms with E-state index >= 15 is 0 Å². The SMILES string of the molecule is COc1ccc(NC(=O)[C@@H](C)Sc2nc3c(c(=O)[nH]2)CCC3)cc1Cl. The number of carbonyl (C=O) groups is 1. The number of halogens is 1. The number of nitrogens with zero attached hydrogens (tertiary/aromatic N) is 1. The number of H-pyrrole nitrogens is 1. The molecule has 1 aromatic carbocycles. The van der Waals surface area contributed by atoms with Crippen molar-refractivity contribution in [2.45, 2.75) is 36.6 Å². The average molecular weight is 380 g/mol. The highest BCUT2D eigenvalue weighted by Crippen LogP contribution is 2.28. The van der Waals surface area contributed by atoms with Crippen LogP contribution in [-0.4, -0.2) is 28.2 Å². The van der Waals surface area contributed by atoms with Crippen molar-refractivity contribution in [2.75, 3.05) is 12.4 Å². The molecule has 0 aliphatic heterocycles. The Morgan fingerprint density at radius 3 is 2.96 bits per heavy atom. The highest BCUT2D eigenvalue weighted by molar-refractivity contribution is 8.00. The minimum atomic E-state index is -0.427. The van der Waals surface area contributed by atoms with E-state index in [1.54, 1.807) is 25.1 Å². The van der Waals surface area contributed by atoms with Crippen LogP contribution in [0.1, 0.15) is 24.6 Å². The van der Waals surface area contributed by atoms with E-state index in [1.165, 1.54) is 18.9 Å². The highest BCUT2D eigenvalue weighted by Gasteiger charge is 2.20. The molecule has 2 N–H and O–H groups in total. The largest absolute Gasteiger partial charge is 0.495 e. The molecule has 0 spiro atoms. The average Bonchev–Trinajstić information content (AvgIpc) is 3.04. The first kappa shape index (κ1) is 17.8. The van der Waals surface area contributed by atoms with Crippen LogP contribution in [-0.2, 0) is 17.6 Å². The molecule has 1 heterocycles. The second kappa shape index (κ2) is 7.49. The van der Waals surface area contributed by atoms with E-state index in [4.69, 9.17) is 16.3 Å². The fraction of sp³-hybridized carbons (Fsp3) is 0.353. The molecular weight excluding hydrogens is 362 g/mol. The van der Waals surface area contributed by atoms with Gasteiger partial charge in [0, 0.05) is 11.3 Å². The van der Waals surface area contributed by atoms with Gasteiger partial charge in [0.1, 0.15) is 5.75 Å². The Bertz CT molecular complexity index is 869. The Morgan fingerprint density at radius 2 is 2.24 bits per heavy atom. The topological polar surface area (TPSA) is 84.1 Å². The lowest BCUT2D eigenvalue weighted by Gasteiger charge is -2.13. The van der Waals surface area contributed by atoms with Crippen LogP contribution in [0.25, 0.3) is 0 Å². The molecule has 132 valence electrons. The van der Waals surface area contributed by atoms with Gasteiger partial charge in [-0.3, -0.25) is 9.59 Å². The van der Waals surface area contributed by atoms with Gasteiger partial charge in [0.2, 0.25) is 5.91 Å². The smallest absolute Gasteiger partial charge is 0.254 e. The lowest BCUT2D eigenvalue weighted by Crippen LogP contribution is -2.23. The molecule has 0 saturated heterocycles. The summed E-state index contributed by atoms with van der Waals surface area (Å²) in [5, 5.41) is 3.27. The van der Waals surface area contributed by atoms with Crippen LogP contribution in [0.5, 0.6) is 5.75 Å². The molecule has 0 bridgehead atoms. The van der Waals surface area contributed by atoms with Crippen LogP contribution in [0.4, 0.5) is 5.69 Å². The van der Waals surface area contributed by atoms with Crippen molar-refractivity contribution in [1.82, 2.24) is 9.97 Å². The van der Waals surface area contributed by atoms with Crippen molar-refractivity contribution in [3.05, 3.63) is 44.8 Å². The van der Waals surface area contributed by atoms with Gasteiger partial charge in [-0.1, -0.05) is 23.4 Å². The van der Waals surface area contributed by atoms with Crippen LogP contribution in [0, 0.1) is 0 Å². The molecule has 6 nitrogen and oxygen atoms in total. The van der Waals surface area contributed by atoms with Gasteiger partial charge in [-0.05, 0) is 44.4 Å².